The lowest BCUT2D eigenvalue weighted by molar-refractivity contribution is -0.123. The lowest BCUT2D eigenvalue weighted by atomic mass is 10.2. The van der Waals surface area contributed by atoms with Crippen LogP contribution in [0.1, 0.15) is 24.2 Å². The van der Waals surface area contributed by atoms with Crippen molar-refractivity contribution < 1.29 is 36.3 Å². The van der Waals surface area contributed by atoms with E-state index >= 15 is 0 Å². The molecule has 0 aliphatic rings. The summed E-state index contributed by atoms with van der Waals surface area (Å²) >= 11 is 0. The average Bonchev–Trinajstić information content (AvgIpc) is 2.81. The van der Waals surface area contributed by atoms with E-state index in [1.165, 1.54) is 38.1 Å². The zero-order valence-electron chi connectivity index (χ0n) is 19.0. The van der Waals surface area contributed by atoms with E-state index in [4.69, 9.17) is 4.74 Å². The first kappa shape index (κ1) is 26.3. The molecule has 0 saturated carbocycles. The summed E-state index contributed by atoms with van der Waals surface area (Å²) in [5.41, 5.74) is 1.08. The summed E-state index contributed by atoms with van der Waals surface area (Å²) < 4.78 is 58.5. The molecule has 12 heteroatoms. The number of esters is 1. The molecule has 3 rings (SSSR count). The Hall–Kier alpha value is -4.32. The number of ether oxygens (including phenoxy) is 1. The standard InChI is InChI=1S/C24H21F2N3O6S/c1-14(23(31)28-18-9-7-17(8-10-18)27-15(2)30)35-24(32)16-3-5-19(6-4-16)29-36(33,34)20-11-12-21(25)22(26)13-20/h3-14,29H,1-2H3,(H,27,30)(H,28,31)/t14-/m1/s1. The third-order valence-electron chi connectivity index (χ3n) is 4.70. The van der Waals surface area contributed by atoms with E-state index in [1.54, 1.807) is 24.3 Å². The van der Waals surface area contributed by atoms with Gasteiger partial charge in [0.15, 0.2) is 17.7 Å². The second-order valence-corrected chi connectivity index (χ2v) is 9.24. The average molecular weight is 518 g/mol. The van der Waals surface area contributed by atoms with Gasteiger partial charge in [0.2, 0.25) is 5.91 Å². The summed E-state index contributed by atoms with van der Waals surface area (Å²) in [5.74, 6) is -4.14. The van der Waals surface area contributed by atoms with E-state index in [9.17, 15) is 31.6 Å². The van der Waals surface area contributed by atoms with Crippen LogP contribution in [0.5, 0.6) is 0 Å². The molecule has 0 saturated heterocycles. The van der Waals surface area contributed by atoms with E-state index < -0.39 is 44.5 Å². The largest absolute Gasteiger partial charge is 0.449 e. The second kappa shape index (κ2) is 11.0. The molecule has 0 aliphatic carbocycles. The molecule has 188 valence electrons. The van der Waals surface area contributed by atoms with Crippen molar-refractivity contribution in [2.45, 2.75) is 24.8 Å². The van der Waals surface area contributed by atoms with E-state index in [-0.39, 0.29) is 17.2 Å². The maximum absolute atomic E-state index is 13.4. The summed E-state index contributed by atoms with van der Waals surface area (Å²) in [5, 5.41) is 5.17. The molecular formula is C24H21F2N3O6S. The number of halogens is 2. The Labute approximate surface area is 205 Å². The van der Waals surface area contributed by atoms with Gasteiger partial charge in [0.05, 0.1) is 10.5 Å². The van der Waals surface area contributed by atoms with Crippen molar-refractivity contribution in [3.8, 4) is 0 Å². The normalized spacial score (nSPS) is 11.8. The number of hydrogen-bond acceptors (Lipinski definition) is 6. The number of carbonyl (C=O) groups excluding carboxylic acids is 3. The molecule has 1 atom stereocenters. The molecule has 0 spiro atoms. The molecular weight excluding hydrogens is 496 g/mol. The van der Waals surface area contributed by atoms with Crippen molar-refractivity contribution in [2.24, 2.45) is 0 Å². The van der Waals surface area contributed by atoms with Gasteiger partial charge in [0, 0.05) is 24.0 Å². The van der Waals surface area contributed by atoms with Crippen molar-refractivity contribution >= 4 is 44.9 Å². The van der Waals surface area contributed by atoms with E-state index in [1.807, 2.05) is 0 Å². The molecule has 0 unspecified atom stereocenters. The number of sulfonamides is 1. The highest BCUT2D eigenvalue weighted by molar-refractivity contribution is 7.92. The monoisotopic (exact) mass is 517 g/mol. The molecule has 0 bridgehead atoms. The maximum atomic E-state index is 13.4. The minimum Gasteiger partial charge on any atom is -0.449 e. The fourth-order valence-electron chi connectivity index (χ4n) is 2.90. The second-order valence-electron chi connectivity index (χ2n) is 7.55. The Morgan fingerprint density at radius 2 is 1.36 bits per heavy atom. The number of carbonyl (C=O) groups is 3. The van der Waals surface area contributed by atoms with Gasteiger partial charge < -0.3 is 15.4 Å². The van der Waals surface area contributed by atoms with Crippen LogP contribution in [0, 0.1) is 11.6 Å². The van der Waals surface area contributed by atoms with Crippen molar-refractivity contribution in [2.75, 3.05) is 15.4 Å². The van der Waals surface area contributed by atoms with Gasteiger partial charge in [-0.25, -0.2) is 22.0 Å². The van der Waals surface area contributed by atoms with Gasteiger partial charge in [-0.2, -0.15) is 0 Å². The predicted molar refractivity (Wildman–Crippen MR) is 128 cm³/mol. The Morgan fingerprint density at radius 1 is 0.806 bits per heavy atom. The van der Waals surface area contributed by atoms with Gasteiger partial charge in [0.1, 0.15) is 0 Å². The van der Waals surface area contributed by atoms with Crippen molar-refractivity contribution in [1.29, 1.82) is 0 Å². The summed E-state index contributed by atoms with van der Waals surface area (Å²) in [6, 6.07) is 13.6. The summed E-state index contributed by atoms with van der Waals surface area (Å²) in [4.78, 5) is 35.3. The number of benzene rings is 3. The van der Waals surface area contributed by atoms with E-state index in [0.717, 1.165) is 6.07 Å². The first-order valence-electron chi connectivity index (χ1n) is 10.4. The smallest absolute Gasteiger partial charge is 0.338 e. The zero-order chi connectivity index (χ0) is 26.5. The van der Waals surface area contributed by atoms with Gasteiger partial charge in [-0.05, 0) is 73.7 Å². The molecule has 36 heavy (non-hydrogen) atoms. The number of anilines is 3. The molecule has 0 fully saturated rings. The molecule has 3 aromatic rings. The first-order valence-corrected chi connectivity index (χ1v) is 11.9. The molecule has 2 amide bonds. The molecule has 9 nitrogen and oxygen atoms in total. The van der Waals surface area contributed by atoms with Gasteiger partial charge in [-0.3, -0.25) is 14.3 Å². The quantitative estimate of drug-likeness (QED) is 0.389. The van der Waals surface area contributed by atoms with Gasteiger partial charge in [-0.1, -0.05) is 0 Å². The minimum absolute atomic E-state index is 0.0464. The fraction of sp³-hybridized carbons (Fsp3) is 0.125. The van der Waals surface area contributed by atoms with Crippen LogP contribution < -0.4 is 15.4 Å². The molecule has 3 N–H and O–H groups in total. The molecule has 0 radical (unpaired) electrons. The van der Waals surface area contributed by atoms with Crippen LogP contribution in [0.25, 0.3) is 0 Å². The van der Waals surface area contributed by atoms with Crippen LogP contribution in [-0.2, 0) is 24.3 Å². The SMILES string of the molecule is CC(=O)Nc1ccc(NC(=O)[C@@H](C)OC(=O)c2ccc(NS(=O)(=O)c3ccc(F)c(F)c3)cc2)cc1. The molecule has 3 aromatic carbocycles. The minimum atomic E-state index is -4.20. The van der Waals surface area contributed by atoms with Crippen LogP contribution >= 0.6 is 0 Å². The molecule has 0 aromatic heterocycles. The van der Waals surface area contributed by atoms with Crippen molar-refractivity contribution in [1.82, 2.24) is 0 Å². The van der Waals surface area contributed by atoms with E-state index in [0.29, 0.717) is 23.5 Å². The summed E-state index contributed by atoms with van der Waals surface area (Å²) in [7, 11) is -4.20. The zero-order valence-corrected chi connectivity index (χ0v) is 19.9. The molecule has 0 aliphatic heterocycles. The fourth-order valence-corrected chi connectivity index (χ4v) is 3.97. The van der Waals surface area contributed by atoms with Gasteiger partial charge >= 0.3 is 5.97 Å². The topological polar surface area (TPSA) is 131 Å². The van der Waals surface area contributed by atoms with Crippen LogP contribution in [0.15, 0.2) is 71.6 Å². The third kappa shape index (κ3) is 6.85. The maximum Gasteiger partial charge on any atom is 0.338 e. The lowest BCUT2D eigenvalue weighted by Crippen LogP contribution is -2.30. The molecule has 0 heterocycles. The van der Waals surface area contributed by atoms with Crippen LogP contribution in [0.4, 0.5) is 25.8 Å². The van der Waals surface area contributed by atoms with Crippen molar-refractivity contribution in [3.63, 3.8) is 0 Å². The lowest BCUT2D eigenvalue weighted by Gasteiger charge is -2.14. The predicted octanol–water partition coefficient (Wildman–Crippen LogP) is 3.91. The number of hydrogen-bond donors (Lipinski definition) is 3. The van der Waals surface area contributed by atoms with Crippen LogP contribution in [0.2, 0.25) is 0 Å². The highest BCUT2D eigenvalue weighted by Gasteiger charge is 2.20. The Kier molecular flexibility index (Phi) is 8.00. The van der Waals surface area contributed by atoms with Crippen LogP contribution in [-0.4, -0.2) is 32.3 Å². The summed E-state index contributed by atoms with van der Waals surface area (Å²) in [6.45, 7) is 2.75. The van der Waals surface area contributed by atoms with Gasteiger partial charge in [0.25, 0.3) is 15.9 Å². The van der Waals surface area contributed by atoms with Gasteiger partial charge in [-0.15, -0.1) is 0 Å². The highest BCUT2D eigenvalue weighted by Crippen LogP contribution is 2.19. The summed E-state index contributed by atoms with van der Waals surface area (Å²) in [6.07, 6.45) is -1.15. The first-order chi connectivity index (χ1) is 16.9. The van der Waals surface area contributed by atoms with Crippen molar-refractivity contribution in [3.05, 3.63) is 83.9 Å². The number of amides is 2. The third-order valence-corrected chi connectivity index (χ3v) is 6.08. The Morgan fingerprint density at radius 3 is 1.92 bits per heavy atom. The number of rotatable bonds is 8. The highest BCUT2D eigenvalue weighted by atomic mass is 32.2. The Balaban J connectivity index is 1.58. The van der Waals surface area contributed by atoms with E-state index in [2.05, 4.69) is 15.4 Å². The van der Waals surface area contributed by atoms with Crippen LogP contribution in [0.3, 0.4) is 0 Å². The Bertz CT molecular complexity index is 1390. The number of nitrogens with one attached hydrogen (secondary N) is 3.